The van der Waals surface area contributed by atoms with Crippen molar-refractivity contribution < 1.29 is 17.9 Å². The van der Waals surface area contributed by atoms with Crippen LogP contribution in [0.1, 0.15) is 31.2 Å². The number of amides is 1. The maximum Gasteiger partial charge on any atom is 0.243 e. The van der Waals surface area contributed by atoms with Gasteiger partial charge in [0.15, 0.2) is 0 Å². The average Bonchev–Trinajstić information content (AvgIpc) is 2.96. The van der Waals surface area contributed by atoms with Crippen molar-refractivity contribution in [2.75, 3.05) is 19.7 Å². The van der Waals surface area contributed by atoms with Crippen molar-refractivity contribution in [3.05, 3.63) is 65.2 Å². The van der Waals surface area contributed by atoms with Gasteiger partial charge in [-0.3, -0.25) is 4.79 Å². The Labute approximate surface area is 183 Å². The molecule has 0 aliphatic carbocycles. The number of ether oxygens (including phenoxy) is 1. The molecule has 0 aromatic heterocycles. The Morgan fingerprint density at radius 1 is 1.07 bits per heavy atom. The molecule has 0 radical (unpaired) electrons. The van der Waals surface area contributed by atoms with Crippen molar-refractivity contribution in [2.24, 2.45) is 0 Å². The number of carbonyl (C=O) groups excluding carboxylic acids is 1. The molecule has 1 heterocycles. The molecular weight excluding hydrogens is 424 g/mol. The van der Waals surface area contributed by atoms with Crippen LogP contribution in [0.2, 0.25) is 5.02 Å². The van der Waals surface area contributed by atoms with Gasteiger partial charge in [-0.2, -0.15) is 4.31 Å². The maximum atomic E-state index is 13.3. The Hall–Kier alpha value is -1.93. The van der Waals surface area contributed by atoms with Crippen molar-refractivity contribution in [3.8, 4) is 0 Å². The molecule has 2 aromatic rings. The molecule has 8 heteroatoms. The van der Waals surface area contributed by atoms with Gasteiger partial charge in [-0.15, -0.1) is 0 Å². The number of nitrogens with one attached hydrogen (secondary N) is 1. The van der Waals surface area contributed by atoms with Gasteiger partial charge in [-0.1, -0.05) is 41.9 Å². The number of halogens is 1. The normalized spacial score (nSPS) is 17.5. The molecule has 2 aromatic carbocycles. The maximum absolute atomic E-state index is 13.3. The number of hydrogen-bond donors (Lipinski definition) is 1. The third-order valence-corrected chi connectivity index (χ3v) is 7.23. The van der Waals surface area contributed by atoms with Crippen molar-refractivity contribution in [2.45, 2.75) is 43.2 Å². The molecule has 1 atom stereocenters. The summed E-state index contributed by atoms with van der Waals surface area (Å²) in [6.45, 7) is 1.65. The minimum atomic E-state index is -3.85. The number of hydrogen-bond acceptors (Lipinski definition) is 4. The Morgan fingerprint density at radius 3 is 2.53 bits per heavy atom. The predicted octanol–water partition coefficient (Wildman–Crippen LogP) is 3.61. The van der Waals surface area contributed by atoms with Crippen LogP contribution in [-0.4, -0.2) is 44.4 Å². The molecule has 0 bridgehead atoms. The molecule has 1 fully saturated rings. The Bertz CT molecular complexity index is 920. The van der Waals surface area contributed by atoms with E-state index in [2.05, 4.69) is 5.32 Å². The van der Waals surface area contributed by atoms with Crippen LogP contribution in [0.25, 0.3) is 0 Å². The molecule has 162 valence electrons. The molecule has 1 saturated heterocycles. The van der Waals surface area contributed by atoms with Gasteiger partial charge < -0.3 is 10.1 Å². The van der Waals surface area contributed by atoms with E-state index in [1.54, 1.807) is 12.1 Å². The number of carbonyl (C=O) groups is 1. The lowest BCUT2D eigenvalue weighted by Gasteiger charge is -2.29. The third-order valence-electron chi connectivity index (χ3n) is 5.05. The first-order valence-electron chi connectivity index (χ1n) is 10.2. The van der Waals surface area contributed by atoms with E-state index in [9.17, 15) is 13.2 Å². The second-order valence-corrected chi connectivity index (χ2v) is 9.59. The summed E-state index contributed by atoms with van der Waals surface area (Å²) in [7, 11) is -3.85. The second kappa shape index (κ2) is 10.9. The number of nitrogens with zero attached hydrogens (tertiary/aromatic N) is 1. The van der Waals surface area contributed by atoms with Crippen LogP contribution < -0.4 is 5.32 Å². The quantitative estimate of drug-likeness (QED) is 0.592. The highest BCUT2D eigenvalue weighted by Crippen LogP contribution is 2.24. The van der Waals surface area contributed by atoms with Gasteiger partial charge in [0.2, 0.25) is 15.9 Å². The fourth-order valence-electron chi connectivity index (χ4n) is 3.47. The summed E-state index contributed by atoms with van der Waals surface area (Å²) < 4.78 is 33.7. The van der Waals surface area contributed by atoms with E-state index in [-0.39, 0.29) is 17.3 Å². The Morgan fingerprint density at radius 2 is 1.80 bits per heavy atom. The molecule has 6 nitrogen and oxygen atoms in total. The second-order valence-electron chi connectivity index (χ2n) is 7.26. The smallest absolute Gasteiger partial charge is 0.243 e. The molecule has 1 N–H and O–H groups in total. The molecule has 0 spiro atoms. The first kappa shape index (κ1) is 22.7. The van der Waals surface area contributed by atoms with E-state index >= 15 is 0 Å². The van der Waals surface area contributed by atoms with Crippen LogP contribution in [0.3, 0.4) is 0 Å². The van der Waals surface area contributed by atoms with E-state index in [4.69, 9.17) is 16.3 Å². The lowest BCUT2D eigenvalue weighted by molar-refractivity contribution is -0.124. The zero-order valence-electron chi connectivity index (χ0n) is 16.8. The molecule has 1 amide bonds. The van der Waals surface area contributed by atoms with E-state index in [1.165, 1.54) is 16.4 Å². The third kappa shape index (κ3) is 6.04. The number of sulfonamides is 1. The molecule has 0 saturated carbocycles. The van der Waals surface area contributed by atoms with Gasteiger partial charge in [-0.05, 0) is 55.5 Å². The minimum absolute atomic E-state index is 0.133. The van der Waals surface area contributed by atoms with Crippen molar-refractivity contribution in [1.82, 2.24) is 9.62 Å². The van der Waals surface area contributed by atoms with Crippen LogP contribution in [0.15, 0.2) is 59.5 Å². The van der Waals surface area contributed by atoms with Crippen molar-refractivity contribution >= 4 is 27.5 Å². The van der Waals surface area contributed by atoms with E-state index in [1.807, 2.05) is 30.3 Å². The fourth-order valence-corrected chi connectivity index (χ4v) is 5.25. The van der Waals surface area contributed by atoms with Crippen LogP contribution in [0, 0.1) is 0 Å². The van der Waals surface area contributed by atoms with E-state index in [0.29, 0.717) is 37.6 Å². The summed E-state index contributed by atoms with van der Waals surface area (Å²) in [5.74, 6) is -0.241. The summed E-state index contributed by atoms with van der Waals surface area (Å²) >= 11 is 5.91. The van der Waals surface area contributed by atoms with Crippen molar-refractivity contribution in [1.29, 1.82) is 0 Å². The summed E-state index contributed by atoms with van der Waals surface area (Å²) in [6.07, 6.45) is 2.63. The standard InChI is InChI=1S/C22H27ClN2O4S/c23-19-10-12-20(13-11-19)30(27,28)25(21-9-4-5-14-24-22(21)26)15-6-16-29-17-18-7-2-1-3-8-18/h1-3,7-8,10-13,21H,4-6,9,14-17H2,(H,24,26). The first-order valence-corrected chi connectivity index (χ1v) is 12.0. The fraction of sp³-hybridized carbons (Fsp3) is 0.409. The summed E-state index contributed by atoms with van der Waals surface area (Å²) in [5.41, 5.74) is 1.06. The van der Waals surface area contributed by atoms with E-state index < -0.39 is 16.1 Å². The molecule has 1 aliphatic rings. The number of rotatable bonds is 9. The van der Waals surface area contributed by atoms with Gasteiger partial charge in [0, 0.05) is 24.7 Å². The van der Waals surface area contributed by atoms with Gasteiger partial charge in [0.1, 0.15) is 6.04 Å². The van der Waals surface area contributed by atoms with E-state index in [0.717, 1.165) is 18.4 Å². The summed E-state index contributed by atoms with van der Waals surface area (Å²) in [6, 6.07) is 15.1. The highest BCUT2D eigenvalue weighted by Gasteiger charge is 2.36. The van der Waals surface area contributed by atoms with Gasteiger partial charge in [-0.25, -0.2) is 8.42 Å². The molecular formula is C22H27ClN2O4S. The highest BCUT2D eigenvalue weighted by molar-refractivity contribution is 7.89. The number of benzene rings is 2. The Balaban J connectivity index is 1.70. The minimum Gasteiger partial charge on any atom is -0.377 e. The monoisotopic (exact) mass is 450 g/mol. The molecule has 1 unspecified atom stereocenters. The van der Waals surface area contributed by atoms with Crippen LogP contribution >= 0.6 is 11.6 Å². The van der Waals surface area contributed by atoms with Gasteiger partial charge in [0.25, 0.3) is 0 Å². The molecule has 3 rings (SSSR count). The largest absolute Gasteiger partial charge is 0.377 e. The zero-order valence-corrected chi connectivity index (χ0v) is 18.4. The summed E-state index contributed by atoms with van der Waals surface area (Å²) in [4.78, 5) is 12.7. The topological polar surface area (TPSA) is 75.7 Å². The molecule has 1 aliphatic heterocycles. The van der Waals surface area contributed by atoms with Gasteiger partial charge >= 0.3 is 0 Å². The highest BCUT2D eigenvalue weighted by atomic mass is 35.5. The first-order chi connectivity index (χ1) is 14.5. The Kier molecular flexibility index (Phi) is 8.27. The SMILES string of the molecule is O=C1NCCCCC1N(CCCOCc1ccccc1)S(=O)(=O)c1ccc(Cl)cc1. The lowest BCUT2D eigenvalue weighted by atomic mass is 10.1. The van der Waals surface area contributed by atoms with Crippen molar-refractivity contribution in [3.63, 3.8) is 0 Å². The van der Waals surface area contributed by atoms with Crippen LogP contribution in [0.4, 0.5) is 0 Å². The average molecular weight is 451 g/mol. The lowest BCUT2D eigenvalue weighted by Crippen LogP contribution is -2.49. The van der Waals surface area contributed by atoms with Crippen LogP contribution in [0.5, 0.6) is 0 Å². The zero-order chi connectivity index (χ0) is 21.4. The summed E-state index contributed by atoms with van der Waals surface area (Å²) in [5, 5.41) is 3.29. The van der Waals surface area contributed by atoms with Crippen LogP contribution in [-0.2, 0) is 26.2 Å². The predicted molar refractivity (Wildman–Crippen MR) is 117 cm³/mol. The molecule has 30 heavy (non-hydrogen) atoms. The van der Waals surface area contributed by atoms with Gasteiger partial charge in [0.05, 0.1) is 11.5 Å².